The van der Waals surface area contributed by atoms with Crippen molar-refractivity contribution in [1.29, 1.82) is 0 Å². The van der Waals surface area contributed by atoms with Gasteiger partial charge in [0.05, 0.1) is 6.20 Å². The Morgan fingerprint density at radius 3 is 2.44 bits per heavy atom. The van der Waals surface area contributed by atoms with Crippen molar-refractivity contribution in [1.82, 2.24) is 15.2 Å². The van der Waals surface area contributed by atoms with Crippen LogP contribution in [0.25, 0.3) is 0 Å². The second-order valence-electron chi connectivity index (χ2n) is 6.29. The number of hydrogen-bond acceptors (Lipinski definition) is 5. The van der Waals surface area contributed by atoms with E-state index in [4.69, 9.17) is 0 Å². The van der Waals surface area contributed by atoms with E-state index in [-0.39, 0.29) is 0 Å². The molecule has 2 aromatic carbocycles. The van der Waals surface area contributed by atoms with Crippen LogP contribution in [-0.4, -0.2) is 21.2 Å². The van der Waals surface area contributed by atoms with Gasteiger partial charge in [0.15, 0.2) is 5.82 Å². The summed E-state index contributed by atoms with van der Waals surface area (Å²) < 4.78 is 0. The molecule has 0 amide bonds. The number of aromatic nitrogens is 3. The third-order valence-corrected chi connectivity index (χ3v) is 4.05. The van der Waals surface area contributed by atoms with E-state index in [1.807, 2.05) is 24.3 Å². The van der Waals surface area contributed by atoms with Crippen molar-refractivity contribution in [3.8, 4) is 0 Å². The lowest BCUT2D eigenvalue weighted by Crippen LogP contribution is -2.31. The van der Waals surface area contributed by atoms with Gasteiger partial charge in [0.2, 0.25) is 5.95 Å². The smallest absolute Gasteiger partial charge is 0.249 e. The molecule has 1 aromatic heterocycles. The van der Waals surface area contributed by atoms with E-state index in [9.17, 15) is 0 Å². The van der Waals surface area contributed by atoms with Gasteiger partial charge < -0.3 is 10.2 Å². The van der Waals surface area contributed by atoms with Gasteiger partial charge in [0.25, 0.3) is 0 Å². The third-order valence-electron chi connectivity index (χ3n) is 4.05. The van der Waals surface area contributed by atoms with Gasteiger partial charge in [-0.25, -0.2) is 0 Å². The highest BCUT2D eigenvalue weighted by atomic mass is 15.3. The fraction of sp³-hybridized carbons (Fsp3) is 0.250. The molecule has 1 N–H and O–H groups in total. The van der Waals surface area contributed by atoms with Gasteiger partial charge in [-0.05, 0) is 38.0 Å². The lowest BCUT2D eigenvalue weighted by Gasteiger charge is -2.27. The normalized spacial score (nSPS) is 10.7. The van der Waals surface area contributed by atoms with Crippen LogP contribution < -0.4 is 10.2 Å². The Morgan fingerprint density at radius 1 is 1.00 bits per heavy atom. The maximum absolute atomic E-state index is 4.67. The van der Waals surface area contributed by atoms with Gasteiger partial charge in [-0.3, -0.25) is 0 Å². The Bertz CT molecular complexity index is 817. The highest BCUT2D eigenvalue weighted by Crippen LogP contribution is 2.21. The molecule has 1 heterocycles. The summed E-state index contributed by atoms with van der Waals surface area (Å²) in [5, 5.41) is 11.5. The second-order valence-corrected chi connectivity index (χ2v) is 6.29. The van der Waals surface area contributed by atoms with Crippen molar-refractivity contribution in [2.45, 2.75) is 33.4 Å². The molecule has 3 rings (SSSR count). The zero-order valence-corrected chi connectivity index (χ0v) is 14.8. The van der Waals surface area contributed by atoms with Crippen molar-refractivity contribution in [3.05, 3.63) is 71.9 Å². The fourth-order valence-electron chi connectivity index (χ4n) is 2.63. The molecule has 0 bridgehead atoms. The molecule has 0 aliphatic carbocycles. The molecular formula is C20H23N5. The van der Waals surface area contributed by atoms with E-state index in [2.05, 4.69) is 76.5 Å². The fourth-order valence-corrected chi connectivity index (χ4v) is 2.63. The maximum atomic E-state index is 4.67. The monoisotopic (exact) mass is 333 g/mol. The number of anilines is 3. The number of nitrogens with one attached hydrogen (secondary N) is 1. The number of hydrogen-bond donors (Lipinski definition) is 1. The summed E-state index contributed by atoms with van der Waals surface area (Å²) in [6, 6.07) is 18.7. The topological polar surface area (TPSA) is 53.9 Å². The highest BCUT2D eigenvalue weighted by Gasteiger charge is 2.14. The Kier molecular flexibility index (Phi) is 5.23. The lowest BCUT2D eigenvalue weighted by molar-refractivity contribution is 0.668. The molecule has 25 heavy (non-hydrogen) atoms. The largest absolute Gasteiger partial charge is 0.348 e. The van der Waals surface area contributed by atoms with Crippen LogP contribution in [0.4, 0.5) is 17.5 Å². The first-order valence-electron chi connectivity index (χ1n) is 8.46. The van der Waals surface area contributed by atoms with Crippen LogP contribution in [0.1, 0.15) is 25.0 Å². The Balaban J connectivity index is 1.84. The summed E-state index contributed by atoms with van der Waals surface area (Å²) in [6.45, 7) is 7.13. The molecule has 0 saturated heterocycles. The van der Waals surface area contributed by atoms with Crippen LogP contribution in [0.2, 0.25) is 0 Å². The Hall–Kier alpha value is -2.95. The van der Waals surface area contributed by atoms with Crippen molar-refractivity contribution in [3.63, 3.8) is 0 Å². The molecule has 5 heteroatoms. The lowest BCUT2D eigenvalue weighted by atomic mass is 10.2. The molecule has 0 saturated carbocycles. The molecule has 5 nitrogen and oxygen atoms in total. The Morgan fingerprint density at radius 2 is 1.72 bits per heavy atom. The van der Waals surface area contributed by atoms with E-state index in [0.29, 0.717) is 12.0 Å². The standard InChI is InChI=1S/C20H23N5/c1-15(2)25(14-17-10-5-4-6-11-17)19-13-21-24-20(23-19)22-18-12-8-7-9-16(18)3/h4-13,15H,14H2,1-3H3,(H,22,23,24). The minimum absolute atomic E-state index is 0.295. The molecule has 0 radical (unpaired) electrons. The predicted molar refractivity (Wildman–Crippen MR) is 102 cm³/mol. The number of para-hydroxylation sites is 1. The van der Waals surface area contributed by atoms with Crippen LogP contribution in [0, 0.1) is 6.92 Å². The summed E-state index contributed by atoms with van der Waals surface area (Å²) in [7, 11) is 0. The first-order chi connectivity index (χ1) is 12.1. The van der Waals surface area contributed by atoms with Crippen molar-refractivity contribution in [2.75, 3.05) is 10.2 Å². The third kappa shape index (κ3) is 4.32. The Labute approximate surface area is 148 Å². The molecule has 0 fully saturated rings. The number of rotatable bonds is 6. The molecule has 0 atom stereocenters. The SMILES string of the molecule is Cc1ccccc1Nc1nncc(N(Cc2ccccc2)C(C)C)n1. The molecular weight excluding hydrogens is 310 g/mol. The minimum Gasteiger partial charge on any atom is -0.348 e. The minimum atomic E-state index is 0.295. The quantitative estimate of drug-likeness (QED) is 0.727. The number of aryl methyl sites for hydroxylation is 1. The molecule has 0 unspecified atom stereocenters. The van der Waals surface area contributed by atoms with Gasteiger partial charge in [-0.2, -0.15) is 10.1 Å². The van der Waals surface area contributed by atoms with Crippen LogP contribution in [0.3, 0.4) is 0 Å². The van der Waals surface area contributed by atoms with Gasteiger partial charge >= 0.3 is 0 Å². The van der Waals surface area contributed by atoms with E-state index in [1.165, 1.54) is 5.56 Å². The van der Waals surface area contributed by atoms with E-state index < -0.39 is 0 Å². The van der Waals surface area contributed by atoms with Crippen molar-refractivity contribution >= 4 is 17.5 Å². The number of nitrogens with zero attached hydrogens (tertiary/aromatic N) is 4. The van der Waals surface area contributed by atoms with Crippen LogP contribution >= 0.6 is 0 Å². The maximum Gasteiger partial charge on any atom is 0.249 e. The van der Waals surface area contributed by atoms with Crippen LogP contribution in [-0.2, 0) is 6.54 Å². The van der Waals surface area contributed by atoms with Crippen LogP contribution in [0.5, 0.6) is 0 Å². The summed E-state index contributed by atoms with van der Waals surface area (Å²) in [4.78, 5) is 6.88. The highest BCUT2D eigenvalue weighted by molar-refractivity contribution is 5.58. The van der Waals surface area contributed by atoms with Gasteiger partial charge in [-0.1, -0.05) is 48.5 Å². The van der Waals surface area contributed by atoms with Crippen molar-refractivity contribution in [2.24, 2.45) is 0 Å². The zero-order valence-electron chi connectivity index (χ0n) is 14.8. The molecule has 3 aromatic rings. The summed E-state index contributed by atoms with van der Waals surface area (Å²) in [5.41, 5.74) is 3.37. The average Bonchev–Trinajstić information content (AvgIpc) is 2.62. The predicted octanol–water partition coefficient (Wildman–Crippen LogP) is 4.34. The molecule has 0 aliphatic rings. The zero-order chi connectivity index (χ0) is 17.6. The summed E-state index contributed by atoms with van der Waals surface area (Å²) >= 11 is 0. The second kappa shape index (κ2) is 7.75. The first-order valence-corrected chi connectivity index (χ1v) is 8.46. The molecule has 0 aliphatic heterocycles. The van der Waals surface area contributed by atoms with Gasteiger partial charge in [-0.15, -0.1) is 5.10 Å². The summed E-state index contributed by atoms with van der Waals surface area (Å²) in [5.74, 6) is 1.32. The molecule has 128 valence electrons. The van der Waals surface area contributed by atoms with Crippen LogP contribution in [0.15, 0.2) is 60.8 Å². The van der Waals surface area contributed by atoms with Gasteiger partial charge in [0, 0.05) is 18.3 Å². The van der Waals surface area contributed by atoms with E-state index in [0.717, 1.165) is 23.6 Å². The summed E-state index contributed by atoms with van der Waals surface area (Å²) in [6.07, 6.45) is 1.71. The van der Waals surface area contributed by atoms with E-state index in [1.54, 1.807) is 6.20 Å². The van der Waals surface area contributed by atoms with E-state index >= 15 is 0 Å². The van der Waals surface area contributed by atoms with Gasteiger partial charge in [0.1, 0.15) is 0 Å². The first kappa shape index (κ1) is 16.9. The number of benzene rings is 2. The average molecular weight is 333 g/mol. The van der Waals surface area contributed by atoms with Crippen molar-refractivity contribution < 1.29 is 0 Å². The molecule has 0 spiro atoms.